The first-order valence-corrected chi connectivity index (χ1v) is 13.3. The molecule has 1 aliphatic heterocycles. The van der Waals surface area contributed by atoms with Crippen LogP contribution in [-0.4, -0.2) is 42.7 Å². The zero-order valence-electron chi connectivity index (χ0n) is 18.0. The van der Waals surface area contributed by atoms with E-state index in [1.54, 1.807) is 0 Å². The molecule has 170 valence electrons. The summed E-state index contributed by atoms with van der Waals surface area (Å²) in [6.07, 6.45) is 0. The number of nitrogens with one attached hydrogen (secondary N) is 2. The SMILES string of the molecule is Cl.c1ccc([O][Ti]([O]c2ccccc2)([O]c2ccccc2)[N]2CCNCCNCC2)cc1. The zero-order valence-corrected chi connectivity index (χ0v) is 20.4. The summed E-state index contributed by atoms with van der Waals surface area (Å²) in [4.78, 5) is 0. The van der Waals surface area contributed by atoms with Crippen molar-refractivity contribution in [2.75, 3.05) is 39.3 Å². The van der Waals surface area contributed by atoms with E-state index in [4.69, 9.17) is 9.96 Å². The van der Waals surface area contributed by atoms with Gasteiger partial charge in [-0.2, -0.15) is 0 Å². The molecule has 0 saturated carbocycles. The fraction of sp³-hybridized carbons (Fsp3) is 0.250. The molecule has 0 radical (unpaired) electrons. The van der Waals surface area contributed by atoms with E-state index in [0.29, 0.717) is 0 Å². The van der Waals surface area contributed by atoms with Gasteiger partial charge in [0.25, 0.3) is 0 Å². The molecule has 0 amide bonds. The Morgan fingerprint density at radius 1 is 0.531 bits per heavy atom. The summed E-state index contributed by atoms with van der Waals surface area (Å²) in [5, 5.41) is 6.96. The van der Waals surface area contributed by atoms with Crippen LogP contribution in [0.4, 0.5) is 0 Å². The molecule has 0 bridgehead atoms. The number of benzene rings is 3. The van der Waals surface area contributed by atoms with Crippen molar-refractivity contribution in [3.8, 4) is 17.2 Å². The van der Waals surface area contributed by atoms with Gasteiger partial charge in [0.1, 0.15) is 0 Å². The zero-order chi connectivity index (χ0) is 21.2. The van der Waals surface area contributed by atoms with Gasteiger partial charge in [-0.05, 0) is 0 Å². The molecule has 1 fully saturated rings. The standard InChI is InChI=1S/C6H14N3.3C6H6O.ClH.Ti/c1-2-8-5-6-9-4-3-7-1;3*7-6-4-2-1-3-5-6;;/h7-8H,1-6H2;3*1-5,7H;1H;/q-1;;;;;+4/p-3. The van der Waals surface area contributed by atoms with Crippen LogP contribution in [-0.2, 0) is 18.0 Å². The molecule has 8 heteroatoms. The van der Waals surface area contributed by atoms with E-state index in [-0.39, 0.29) is 12.4 Å². The van der Waals surface area contributed by atoms with E-state index >= 15 is 0 Å². The van der Waals surface area contributed by atoms with E-state index in [1.165, 1.54) is 0 Å². The van der Waals surface area contributed by atoms with Crippen molar-refractivity contribution in [3.05, 3.63) is 91.0 Å². The van der Waals surface area contributed by atoms with Crippen LogP contribution in [0.2, 0.25) is 0 Å². The third-order valence-corrected chi connectivity index (χ3v) is 9.17. The van der Waals surface area contributed by atoms with Gasteiger partial charge in [-0.15, -0.1) is 12.4 Å². The average molecular weight is 492 g/mol. The Hall–Kier alpha value is -2.06. The predicted octanol–water partition coefficient (Wildman–Crippen LogP) is 3.95. The molecular weight excluding hydrogens is 462 g/mol. The van der Waals surface area contributed by atoms with Crippen LogP contribution >= 0.6 is 12.4 Å². The Kier molecular flexibility index (Phi) is 9.87. The Morgan fingerprint density at radius 2 is 0.875 bits per heavy atom. The predicted molar refractivity (Wildman–Crippen MR) is 126 cm³/mol. The van der Waals surface area contributed by atoms with E-state index in [1.807, 2.05) is 91.0 Å². The average Bonchev–Trinajstić information content (AvgIpc) is 2.95. The molecule has 32 heavy (non-hydrogen) atoms. The van der Waals surface area contributed by atoms with E-state index < -0.39 is 18.0 Å². The molecule has 0 aliphatic carbocycles. The molecule has 6 nitrogen and oxygen atoms in total. The first-order valence-electron chi connectivity index (χ1n) is 10.7. The summed E-state index contributed by atoms with van der Waals surface area (Å²) in [6.45, 7) is 5.09. The van der Waals surface area contributed by atoms with Crippen LogP contribution in [0, 0.1) is 0 Å². The van der Waals surface area contributed by atoms with Crippen LogP contribution in [0.5, 0.6) is 17.2 Å². The van der Waals surface area contributed by atoms with Crippen molar-refractivity contribution in [1.29, 1.82) is 0 Å². The topological polar surface area (TPSA) is 55.0 Å². The summed E-state index contributed by atoms with van der Waals surface area (Å²) < 4.78 is 22.4. The number of rotatable bonds is 7. The number of para-hydroxylation sites is 3. The Morgan fingerprint density at radius 3 is 1.22 bits per heavy atom. The summed E-state index contributed by atoms with van der Waals surface area (Å²) in [6, 6.07) is 29.5. The maximum atomic E-state index is 6.70. The molecular formula is C24H30ClN3O3Ti. The number of hydrogen-bond acceptors (Lipinski definition) is 6. The van der Waals surface area contributed by atoms with Crippen LogP contribution < -0.4 is 20.6 Å². The van der Waals surface area contributed by atoms with Gasteiger partial charge in [-0.1, -0.05) is 0 Å². The molecule has 1 aliphatic rings. The molecule has 3 aromatic rings. The van der Waals surface area contributed by atoms with Gasteiger partial charge in [0.15, 0.2) is 0 Å². The Labute approximate surface area is 201 Å². The van der Waals surface area contributed by atoms with Gasteiger partial charge in [0, 0.05) is 0 Å². The van der Waals surface area contributed by atoms with Crippen LogP contribution in [0.25, 0.3) is 0 Å². The maximum absolute atomic E-state index is 6.70. The monoisotopic (exact) mass is 491 g/mol. The molecule has 1 heterocycles. The number of hydrogen-bond donors (Lipinski definition) is 2. The Balaban J connectivity index is 0.00000289. The fourth-order valence-corrected chi connectivity index (χ4v) is 7.45. The van der Waals surface area contributed by atoms with Crippen LogP contribution in [0.3, 0.4) is 0 Å². The van der Waals surface area contributed by atoms with Gasteiger partial charge >= 0.3 is 189 Å². The van der Waals surface area contributed by atoms with Crippen molar-refractivity contribution < 1.29 is 28.0 Å². The van der Waals surface area contributed by atoms with Crippen molar-refractivity contribution in [2.24, 2.45) is 0 Å². The minimum atomic E-state index is -4.12. The van der Waals surface area contributed by atoms with Gasteiger partial charge in [0.2, 0.25) is 0 Å². The molecule has 0 unspecified atom stereocenters. The van der Waals surface area contributed by atoms with E-state index in [9.17, 15) is 0 Å². The van der Waals surface area contributed by atoms with E-state index in [2.05, 4.69) is 14.0 Å². The normalized spacial score (nSPS) is 15.4. The number of nitrogens with zero attached hydrogens (tertiary/aromatic N) is 1. The quantitative estimate of drug-likeness (QED) is 0.488. The second kappa shape index (κ2) is 12.8. The Bertz CT molecular complexity index is 795. The van der Waals surface area contributed by atoms with E-state index in [0.717, 1.165) is 56.5 Å². The van der Waals surface area contributed by atoms with Crippen LogP contribution in [0.1, 0.15) is 0 Å². The first-order chi connectivity index (χ1) is 15.3. The molecule has 3 aromatic carbocycles. The minimum absolute atomic E-state index is 0. The molecule has 2 N–H and O–H groups in total. The molecule has 0 atom stereocenters. The molecule has 4 rings (SSSR count). The molecule has 0 aromatic heterocycles. The summed E-state index contributed by atoms with van der Waals surface area (Å²) in [5.41, 5.74) is 0. The number of halogens is 1. The second-order valence-corrected chi connectivity index (χ2v) is 10.8. The fourth-order valence-electron chi connectivity index (χ4n) is 3.41. The third kappa shape index (κ3) is 6.97. The van der Waals surface area contributed by atoms with Crippen molar-refractivity contribution in [1.82, 2.24) is 14.0 Å². The first kappa shape index (κ1) is 24.6. The van der Waals surface area contributed by atoms with Crippen molar-refractivity contribution in [2.45, 2.75) is 0 Å². The summed E-state index contributed by atoms with van der Waals surface area (Å²) in [5.74, 6) is 2.24. The van der Waals surface area contributed by atoms with Gasteiger partial charge < -0.3 is 0 Å². The van der Waals surface area contributed by atoms with Crippen molar-refractivity contribution in [3.63, 3.8) is 0 Å². The third-order valence-electron chi connectivity index (χ3n) is 4.95. The van der Waals surface area contributed by atoms with Gasteiger partial charge in [-0.25, -0.2) is 0 Å². The summed E-state index contributed by atoms with van der Waals surface area (Å²) in [7, 11) is 0. The summed E-state index contributed by atoms with van der Waals surface area (Å²) >= 11 is -4.12. The molecule has 0 spiro atoms. The molecule has 1 saturated heterocycles. The van der Waals surface area contributed by atoms with Gasteiger partial charge in [0.05, 0.1) is 0 Å². The second-order valence-electron chi connectivity index (χ2n) is 7.26. The van der Waals surface area contributed by atoms with Gasteiger partial charge in [-0.3, -0.25) is 0 Å². The van der Waals surface area contributed by atoms with Crippen LogP contribution in [0.15, 0.2) is 91.0 Å². The van der Waals surface area contributed by atoms with Crippen molar-refractivity contribution >= 4 is 12.4 Å².